The van der Waals surface area contributed by atoms with Crippen LogP contribution in [0.5, 0.6) is 0 Å². The molecule has 3 rings (SSSR count). The zero-order valence-electron chi connectivity index (χ0n) is 11.6. The standard InChI is InChI=1S/C14H18BrNO4/c1-14(2)19-11-4-3-10(15)9(12(11)20-14)5-6-16-7-8-18-13(16)17/h7-8,11-12H,3-6H2,1-2H3/t11-,12+/m0/s1. The maximum Gasteiger partial charge on any atom is 0.418 e. The second-order valence-corrected chi connectivity index (χ2v) is 6.63. The van der Waals surface area contributed by atoms with Crippen molar-refractivity contribution in [2.45, 2.75) is 57.6 Å². The van der Waals surface area contributed by atoms with Gasteiger partial charge in [-0.15, -0.1) is 0 Å². The van der Waals surface area contributed by atoms with E-state index in [2.05, 4.69) is 15.9 Å². The SMILES string of the molecule is CC1(C)O[C@H]2CCC(Br)=C(CCn3ccoc3=O)[C@H]2O1. The van der Waals surface area contributed by atoms with Crippen molar-refractivity contribution in [2.24, 2.45) is 0 Å². The van der Waals surface area contributed by atoms with E-state index in [4.69, 9.17) is 13.9 Å². The first-order valence-corrected chi connectivity index (χ1v) is 7.62. The molecule has 0 amide bonds. The lowest BCUT2D eigenvalue weighted by Gasteiger charge is -2.26. The van der Waals surface area contributed by atoms with Crippen LogP contribution in [0.3, 0.4) is 0 Å². The summed E-state index contributed by atoms with van der Waals surface area (Å²) in [7, 11) is 0. The zero-order valence-corrected chi connectivity index (χ0v) is 13.2. The molecule has 0 bridgehead atoms. The lowest BCUT2D eigenvalue weighted by molar-refractivity contribution is -0.143. The number of oxazole rings is 1. The Bertz CT molecular complexity index is 586. The fourth-order valence-electron chi connectivity index (χ4n) is 2.90. The Morgan fingerprint density at radius 1 is 1.45 bits per heavy atom. The van der Waals surface area contributed by atoms with Crippen molar-refractivity contribution in [1.82, 2.24) is 4.57 Å². The maximum atomic E-state index is 11.4. The number of fused-ring (bicyclic) bond motifs is 1. The number of hydrogen-bond acceptors (Lipinski definition) is 4. The van der Waals surface area contributed by atoms with Crippen LogP contribution in [-0.4, -0.2) is 22.6 Å². The molecule has 0 radical (unpaired) electrons. The molecule has 2 atom stereocenters. The highest BCUT2D eigenvalue weighted by atomic mass is 79.9. The van der Waals surface area contributed by atoms with Gasteiger partial charge in [0.1, 0.15) is 12.4 Å². The minimum atomic E-state index is -0.537. The van der Waals surface area contributed by atoms with Gasteiger partial charge in [0.15, 0.2) is 5.79 Å². The van der Waals surface area contributed by atoms with Gasteiger partial charge in [0.2, 0.25) is 0 Å². The van der Waals surface area contributed by atoms with E-state index >= 15 is 0 Å². The summed E-state index contributed by atoms with van der Waals surface area (Å²) in [6, 6.07) is 0. The van der Waals surface area contributed by atoms with Crippen LogP contribution in [0.4, 0.5) is 0 Å². The number of rotatable bonds is 3. The van der Waals surface area contributed by atoms with Crippen molar-refractivity contribution in [3.05, 3.63) is 33.1 Å². The summed E-state index contributed by atoms with van der Waals surface area (Å²) in [5.41, 5.74) is 1.19. The Morgan fingerprint density at radius 2 is 2.25 bits per heavy atom. The fraction of sp³-hybridized carbons (Fsp3) is 0.643. The van der Waals surface area contributed by atoms with E-state index < -0.39 is 5.79 Å². The summed E-state index contributed by atoms with van der Waals surface area (Å²) in [4.78, 5) is 11.4. The van der Waals surface area contributed by atoms with E-state index in [0.717, 1.165) is 19.3 Å². The molecular weight excluding hydrogens is 326 g/mol. The van der Waals surface area contributed by atoms with Crippen LogP contribution >= 0.6 is 15.9 Å². The summed E-state index contributed by atoms with van der Waals surface area (Å²) >= 11 is 3.64. The third-order valence-corrected chi connectivity index (χ3v) is 4.70. The first-order chi connectivity index (χ1) is 9.46. The number of allylic oxidation sites excluding steroid dienone is 1. The highest BCUT2D eigenvalue weighted by molar-refractivity contribution is 9.11. The van der Waals surface area contributed by atoms with Crippen molar-refractivity contribution in [3.63, 3.8) is 0 Å². The number of hydrogen-bond donors (Lipinski definition) is 0. The van der Waals surface area contributed by atoms with Crippen molar-refractivity contribution in [1.29, 1.82) is 0 Å². The van der Waals surface area contributed by atoms with Gasteiger partial charge in [0, 0.05) is 12.7 Å². The molecule has 1 aliphatic carbocycles. The molecule has 2 aliphatic rings. The molecule has 6 heteroatoms. The second-order valence-electron chi connectivity index (χ2n) is 5.68. The minimum Gasteiger partial charge on any atom is -0.416 e. The molecule has 1 saturated heterocycles. The Kier molecular flexibility index (Phi) is 3.64. The first kappa shape index (κ1) is 14.1. The lowest BCUT2D eigenvalue weighted by atomic mass is 9.92. The third kappa shape index (κ3) is 2.64. The Balaban J connectivity index is 1.77. The summed E-state index contributed by atoms with van der Waals surface area (Å²) in [5, 5.41) is 0. The van der Waals surface area contributed by atoms with E-state index in [9.17, 15) is 4.79 Å². The molecule has 1 aliphatic heterocycles. The predicted octanol–water partition coefficient (Wildman–Crippen LogP) is 2.79. The molecular formula is C14H18BrNO4. The number of aryl methyl sites for hydroxylation is 1. The molecule has 0 saturated carbocycles. The number of halogens is 1. The number of ether oxygens (including phenoxy) is 2. The van der Waals surface area contributed by atoms with Gasteiger partial charge >= 0.3 is 5.76 Å². The van der Waals surface area contributed by atoms with E-state index in [1.54, 1.807) is 10.8 Å². The minimum absolute atomic E-state index is 0.0178. The van der Waals surface area contributed by atoms with Gasteiger partial charge in [0.05, 0.1) is 6.10 Å². The molecule has 0 spiro atoms. The van der Waals surface area contributed by atoms with Crippen LogP contribution < -0.4 is 5.76 Å². The van der Waals surface area contributed by atoms with Gasteiger partial charge in [-0.1, -0.05) is 15.9 Å². The van der Waals surface area contributed by atoms with Crippen LogP contribution in [0.25, 0.3) is 0 Å². The lowest BCUT2D eigenvalue weighted by Crippen LogP contribution is -2.30. The molecule has 1 fully saturated rings. The maximum absolute atomic E-state index is 11.4. The van der Waals surface area contributed by atoms with Gasteiger partial charge < -0.3 is 13.9 Å². The van der Waals surface area contributed by atoms with Crippen LogP contribution in [0, 0.1) is 0 Å². The van der Waals surface area contributed by atoms with Crippen LogP contribution in [0.15, 0.2) is 31.7 Å². The quantitative estimate of drug-likeness (QED) is 0.846. The van der Waals surface area contributed by atoms with Crippen LogP contribution in [-0.2, 0) is 16.0 Å². The molecule has 5 nitrogen and oxygen atoms in total. The topological polar surface area (TPSA) is 53.6 Å². The largest absolute Gasteiger partial charge is 0.418 e. The van der Waals surface area contributed by atoms with Crippen molar-refractivity contribution in [3.8, 4) is 0 Å². The summed E-state index contributed by atoms with van der Waals surface area (Å²) in [6.45, 7) is 4.47. The van der Waals surface area contributed by atoms with Gasteiger partial charge in [0.25, 0.3) is 0 Å². The Hall–Kier alpha value is -0.850. The highest BCUT2D eigenvalue weighted by Gasteiger charge is 2.45. The van der Waals surface area contributed by atoms with E-state index in [1.807, 2.05) is 13.8 Å². The molecule has 0 unspecified atom stereocenters. The molecule has 0 aromatic carbocycles. The van der Waals surface area contributed by atoms with Crippen molar-refractivity contribution < 1.29 is 13.9 Å². The van der Waals surface area contributed by atoms with Gasteiger partial charge in [-0.3, -0.25) is 4.57 Å². The van der Waals surface area contributed by atoms with Gasteiger partial charge in [-0.05, 0) is 43.2 Å². The van der Waals surface area contributed by atoms with Crippen molar-refractivity contribution >= 4 is 15.9 Å². The first-order valence-electron chi connectivity index (χ1n) is 6.83. The predicted molar refractivity (Wildman–Crippen MR) is 76.6 cm³/mol. The molecule has 1 aromatic heterocycles. The molecule has 1 aromatic rings. The Labute approximate surface area is 125 Å². The van der Waals surface area contributed by atoms with E-state index in [1.165, 1.54) is 16.3 Å². The molecule has 0 N–H and O–H groups in total. The summed E-state index contributed by atoms with van der Waals surface area (Å²) in [6.07, 6.45) is 5.83. The molecule has 110 valence electrons. The van der Waals surface area contributed by atoms with Gasteiger partial charge in [-0.2, -0.15) is 0 Å². The third-order valence-electron chi connectivity index (χ3n) is 3.79. The second kappa shape index (κ2) is 5.16. The normalized spacial score (nSPS) is 28.8. The number of nitrogens with zero attached hydrogens (tertiary/aromatic N) is 1. The average Bonchev–Trinajstić information content (AvgIpc) is 2.90. The highest BCUT2D eigenvalue weighted by Crippen LogP contribution is 2.42. The molecule has 2 heterocycles. The number of aromatic nitrogens is 1. The monoisotopic (exact) mass is 343 g/mol. The summed E-state index contributed by atoms with van der Waals surface area (Å²) in [5.74, 6) is -0.858. The van der Waals surface area contributed by atoms with E-state index in [0.29, 0.717) is 6.54 Å². The van der Waals surface area contributed by atoms with Crippen molar-refractivity contribution in [2.75, 3.05) is 0 Å². The zero-order chi connectivity index (χ0) is 14.3. The van der Waals surface area contributed by atoms with Gasteiger partial charge in [-0.25, -0.2) is 4.79 Å². The average molecular weight is 344 g/mol. The Morgan fingerprint density at radius 3 is 2.95 bits per heavy atom. The molecule has 20 heavy (non-hydrogen) atoms. The van der Waals surface area contributed by atoms with Crippen LogP contribution in [0.2, 0.25) is 0 Å². The smallest absolute Gasteiger partial charge is 0.416 e. The van der Waals surface area contributed by atoms with E-state index in [-0.39, 0.29) is 18.0 Å². The van der Waals surface area contributed by atoms with Crippen LogP contribution in [0.1, 0.15) is 33.1 Å². The fourth-order valence-corrected chi connectivity index (χ4v) is 3.55. The summed E-state index contributed by atoms with van der Waals surface area (Å²) < 4.78 is 19.5.